The first kappa shape index (κ1) is 24.0. The van der Waals surface area contributed by atoms with Gasteiger partial charge in [-0.3, -0.25) is 9.69 Å². The largest absolute Gasteiger partial charge is 0.364 e. The van der Waals surface area contributed by atoms with Crippen molar-refractivity contribution in [3.8, 4) is 0 Å². The Morgan fingerprint density at radius 3 is 2.12 bits per heavy atom. The quantitative estimate of drug-likeness (QED) is 0.774. The molecule has 0 aromatic carbocycles. The monoisotopic (exact) mass is 409 g/mol. The summed E-state index contributed by atoms with van der Waals surface area (Å²) in [7, 11) is 0. The third-order valence-corrected chi connectivity index (χ3v) is 6.47. The van der Waals surface area contributed by atoms with Crippen molar-refractivity contribution in [3.63, 3.8) is 0 Å². The van der Waals surface area contributed by atoms with Crippen LogP contribution in [0.1, 0.15) is 52.4 Å². The van der Waals surface area contributed by atoms with Gasteiger partial charge in [-0.2, -0.15) is 0 Å². The zero-order chi connectivity index (χ0) is 17.1. The van der Waals surface area contributed by atoms with E-state index >= 15 is 0 Å². The average Bonchev–Trinajstić information content (AvgIpc) is 3.10. The lowest BCUT2D eigenvalue weighted by molar-refractivity contribution is -0.145. The van der Waals surface area contributed by atoms with Crippen LogP contribution in [0.25, 0.3) is 0 Å². The zero-order valence-corrected chi connectivity index (χ0v) is 17.9. The number of piperazine rings is 1. The van der Waals surface area contributed by atoms with Gasteiger partial charge < -0.3 is 15.4 Å². The number of carbonyl (C=O) groups is 1. The van der Waals surface area contributed by atoms with Crippen LogP contribution in [0.4, 0.5) is 0 Å². The standard InChI is InChI=1S/C19H35N3O2.2ClH/c1-14(2)15-3-5-16(6-4-15)21-9-11-22(12-10-21)19(23)18-8-7-17(13-20)24-18;;/h14-18H,3-13,20H2,1-2H3;2*1H/t15?,16?,17-,18+;;/m1../s1. The lowest BCUT2D eigenvalue weighted by Crippen LogP contribution is -2.54. The molecule has 2 N–H and O–H groups in total. The summed E-state index contributed by atoms with van der Waals surface area (Å²) in [5.74, 6) is 1.93. The van der Waals surface area contributed by atoms with E-state index in [1.807, 2.05) is 4.90 Å². The number of carbonyl (C=O) groups excluding carboxylic acids is 1. The first-order chi connectivity index (χ1) is 11.6. The Bertz CT molecular complexity index is 423. The van der Waals surface area contributed by atoms with Gasteiger partial charge in [-0.05, 0) is 50.4 Å². The molecule has 0 aromatic rings. The van der Waals surface area contributed by atoms with Gasteiger partial charge in [-0.25, -0.2) is 0 Å². The molecule has 3 fully saturated rings. The number of ether oxygens (including phenoxy) is 1. The van der Waals surface area contributed by atoms with Gasteiger partial charge in [0.05, 0.1) is 6.10 Å². The molecule has 0 unspecified atom stereocenters. The van der Waals surface area contributed by atoms with E-state index in [1.54, 1.807) is 0 Å². The van der Waals surface area contributed by atoms with Crippen molar-refractivity contribution in [1.82, 2.24) is 9.80 Å². The molecule has 2 saturated heterocycles. The molecule has 2 atom stereocenters. The van der Waals surface area contributed by atoms with Gasteiger partial charge in [0.15, 0.2) is 0 Å². The van der Waals surface area contributed by atoms with Crippen molar-refractivity contribution >= 4 is 30.7 Å². The predicted molar refractivity (Wildman–Crippen MR) is 110 cm³/mol. The number of hydrogen-bond acceptors (Lipinski definition) is 4. The summed E-state index contributed by atoms with van der Waals surface area (Å²) in [4.78, 5) is 17.2. The maximum Gasteiger partial charge on any atom is 0.251 e. The van der Waals surface area contributed by atoms with Crippen molar-refractivity contribution in [2.75, 3.05) is 32.7 Å². The second-order valence-electron chi connectivity index (χ2n) is 8.23. The van der Waals surface area contributed by atoms with Gasteiger partial charge in [-0.1, -0.05) is 13.8 Å². The fraction of sp³-hybridized carbons (Fsp3) is 0.947. The summed E-state index contributed by atoms with van der Waals surface area (Å²) in [5.41, 5.74) is 5.65. The molecule has 7 heteroatoms. The highest BCUT2D eigenvalue weighted by Gasteiger charge is 2.35. The maximum absolute atomic E-state index is 12.6. The average molecular weight is 410 g/mol. The molecule has 26 heavy (non-hydrogen) atoms. The molecule has 0 aromatic heterocycles. The molecule has 3 aliphatic rings. The van der Waals surface area contributed by atoms with E-state index in [0.717, 1.165) is 56.9 Å². The van der Waals surface area contributed by atoms with Crippen LogP contribution in [0.3, 0.4) is 0 Å². The first-order valence-electron chi connectivity index (χ1n) is 9.96. The molecule has 0 radical (unpaired) electrons. The summed E-state index contributed by atoms with van der Waals surface area (Å²) in [6.07, 6.45) is 7.01. The third-order valence-electron chi connectivity index (χ3n) is 6.47. The van der Waals surface area contributed by atoms with Crippen LogP contribution in [-0.2, 0) is 9.53 Å². The van der Waals surface area contributed by atoms with E-state index in [4.69, 9.17) is 10.5 Å². The van der Waals surface area contributed by atoms with E-state index < -0.39 is 0 Å². The van der Waals surface area contributed by atoms with Crippen LogP contribution in [-0.4, -0.2) is 66.7 Å². The fourth-order valence-electron chi connectivity index (χ4n) is 4.71. The molecule has 5 nitrogen and oxygen atoms in total. The Morgan fingerprint density at radius 1 is 1.00 bits per heavy atom. The van der Waals surface area contributed by atoms with Gasteiger partial charge in [0.1, 0.15) is 6.10 Å². The lowest BCUT2D eigenvalue weighted by Gasteiger charge is -2.43. The number of halogens is 2. The molecular formula is C19H37Cl2N3O2. The minimum atomic E-state index is -0.244. The van der Waals surface area contributed by atoms with Crippen LogP contribution < -0.4 is 5.73 Å². The minimum Gasteiger partial charge on any atom is -0.364 e. The highest BCUT2D eigenvalue weighted by molar-refractivity contribution is 5.85. The van der Waals surface area contributed by atoms with Crippen LogP contribution in [0.2, 0.25) is 0 Å². The fourth-order valence-corrected chi connectivity index (χ4v) is 4.71. The van der Waals surface area contributed by atoms with Gasteiger partial charge in [0, 0.05) is 38.8 Å². The second-order valence-corrected chi connectivity index (χ2v) is 8.23. The highest BCUT2D eigenvalue weighted by atomic mass is 35.5. The second kappa shape index (κ2) is 11.1. The Kier molecular flexibility index (Phi) is 10.2. The number of hydrogen-bond donors (Lipinski definition) is 1. The van der Waals surface area contributed by atoms with Gasteiger partial charge in [0.25, 0.3) is 5.91 Å². The molecule has 2 heterocycles. The number of nitrogens with zero attached hydrogens (tertiary/aromatic N) is 2. The SMILES string of the molecule is CC(C)C1CCC(N2CCN(C(=O)[C@@H]3CC[C@H](CN)O3)CC2)CC1.Cl.Cl. The molecule has 3 rings (SSSR count). The molecule has 0 spiro atoms. The molecule has 154 valence electrons. The van der Waals surface area contributed by atoms with E-state index in [1.165, 1.54) is 25.7 Å². The number of rotatable bonds is 4. The van der Waals surface area contributed by atoms with Crippen LogP contribution >= 0.6 is 24.8 Å². The number of amides is 1. The van der Waals surface area contributed by atoms with Crippen molar-refractivity contribution in [2.24, 2.45) is 17.6 Å². The van der Waals surface area contributed by atoms with E-state index in [-0.39, 0.29) is 42.9 Å². The van der Waals surface area contributed by atoms with E-state index in [0.29, 0.717) is 6.54 Å². The summed E-state index contributed by atoms with van der Waals surface area (Å²) in [6.45, 7) is 9.00. The Morgan fingerprint density at radius 2 is 1.62 bits per heavy atom. The molecule has 1 aliphatic carbocycles. The Labute approximate surface area is 171 Å². The normalized spacial score (nSPS) is 32.8. The molecule has 0 bridgehead atoms. The van der Waals surface area contributed by atoms with Gasteiger partial charge in [-0.15, -0.1) is 24.8 Å². The topological polar surface area (TPSA) is 58.8 Å². The summed E-state index contributed by atoms with van der Waals surface area (Å²) >= 11 is 0. The van der Waals surface area contributed by atoms with Crippen LogP contribution in [0.5, 0.6) is 0 Å². The van der Waals surface area contributed by atoms with Crippen molar-refractivity contribution < 1.29 is 9.53 Å². The smallest absolute Gasteiger partial charge is 0.251 e. The van der Waals surface area contributed by atoms with Gasteiger partial charge in [0.2, 0.25) is 0 Å². The summed E-state index contributed by atoms with van der Waals surface area (Å²) in [5, 5.41) is 0. The molecule has 1 saturated carbocycles. The Hall–Kier alpha value is -0.0700. The molecular weight excluding hydrogens is 373 g/mol. The Balaban J connectivity index is 0.00000169. The van der Waals surface area contributed by atoms with E-state index in [9.17, 15) is 4.79 Å². The zero-order valence-electron chi connectivity index (χ0n) is 16.3. The first-order valence-corrected chi connectivity index (χ1v) is 9.96. The molecule has 1 amide bonds. The summed E-state index contributed by atoms with van der Waals surface area (Å²) < 4.78 is 5.77. The number of nitrogens with two attached hydrogens (primary N) is 1. The van der Waals surface area contributed by atoms with Crippen LogP contribution in [0, 0.1) is 11.8 Å². The molecule has 2 aliphatic heterocycles. The highest BCUT2D eigenvalue weighted by Crippen LogP contribution is 2.32. The van der Waals surface area contributed by atoms with Crippen LogP contribution in [0.15, 0.2) is 0 Å². The van der Waals surface area contributed by atoms with Crippen molar-refractivity contribution in [2.45, 2.75) is 70.6 Å². The minimum absolute atomic E-state index is 0. The maximum atomic E-state index is 12.6. The van der Waals surface area contributed by atoms with Crippen molar-refractivity contribution in [3.05, 3.63) is 0 Å². The summed E-state index contributed by atoms with van der Waals surface area (Å²) in [6, 6.07) is 0.738. The van der Waals surface area contributed by atoms with Gasteiger partial charge >= 0.3 is 0 Å². The lowest BCUT2D eigenvalue weighted by atomic mass is 9.79. The third kappa shape index (κ3) is 5.71. The predicted octanol–water partition coefficient (Wildman–Crippen LogP) is 2.70. The van der Waals surface area contributed by atoms with E-state index in [2.05, 4.69) is 18.7 Å². The van der Waals surface area contributed by atoms with Crippen molar-refractivity contribution in [1.29, 1.82) is 0 Å².